The molecule has 2 fully saturated rings. The first kappa shape index (κ1) is 24.0. The fourth-order valence-corrected chi connectivity index (χ4v) is 3.47. The SMILES string of the molecule is CN=C(NCCOCC1CC1)NC1CCN(Cc2cc(OC)cc(OC)c2)C1.I. The number of guanidine groups is 1. The Morgan fingerprint density at radius 3 is 2.48 bits per heavy atom. The van der Waals surface area contributed by atoms with Crippen molar-refractivity contribution in [3.63, 3.8) is 0 Å². The molecule has 1 aromatic carbocycles. The number of rotatable bonds is 10. The van der Waals surface area contributed by atoms with E-state index in [0.29, 0.717) is 6.04 Å². The van der Waals surface area contributed by atoms with Crippen molar-refractivity contribution in [3.05, 3.63) is 23.8 Å². The van der Waals surface area contributed by atoms with Crippen molar-refractivity contribution in [2.24, 2.45) is 10.9 Å². The predicted octanol–water partition coefficient (Wildman–Crippen LogP) is 2.49. The Kier molecular flexibility index (Phi) is 10.3. The van der Waals surface area contributed by atoms with E-state index in [1.54, 1.807) is 14.2 Å². The molecule has 1 atom stereocenters. The van der Waals surface area contributed by atoms with Gasteiger partial charge in [0.2, 0.25) is 0 Å². The molecule has 1 saturated heterocycles. The Labute approximate surface area is 191 Å². The van der Waals surface area contributed by atoms with E-state index in [2.05, 4.69) is 32.7 Å². The van der Waals surface area contributed by atoms with Gasteiger partial charge in [-0.25, -0.2) is 0 Å². The Morgan fingerprint density at radius 2 is 1.86 bits per heavy atom. The van der Waals surface area contributed by atoms with Crippen molar-refractivity contribution in [3.8, 4) is 11.5 Å². The van der Waals surface area contributed by atoms with Gasteiger partial charge in [-0.1, -0.05) is 0 Å². The first-order chi connectivity index (χ1) is 13.7. The van der Waals surface area contributed by atoms with Gasteiger partial charge in [0.25, 0.3) is 0 Å². The molecule has 0 radical (unpaired) electrons. The highest BCUT2D eigenvalue weighted by Crippen LogP contribution is 2.28. The number of nitrogens with one attached hydrogen (secondary N) is 2. The maximum Gasteiger partial charge on any atom is 0.191 e. The van der Waals surface area contributed by atoms with Crippen LogP contribution in [0.5, 0.6) is 11.5 Å². The van der Waals surface area contributed by atoms with E-state index in [-0.39, 0.29) is 24.0 Å². The van der Waals surface area contributed by atoms with Gasteiger partial charge in [0.15, 0.2) is 5.96 Å². The zero-order chi connectivity index (χ0) is 19.8. The second-order valence-corrected chi connectivity index (χ2v) is 7.60. The third kappa shape index (κ3) is 8.18. The number of hydrogen-bond acceptors (Lipinski definition) is 5. The van der Waals surface area contributed by atoms with Crippen LogP contribution in [-0.2, 0) is 11.3 Å². The smallest absolute Gasteiger partial charge is 0.191 e. The van der Waals surface area contributed by atoms with Crippen LogP contribution in [0, 0.1) is 5.92 Å². The molecular weight excluding hydrogens is 483 g/mol. The highest BCUT2D eigenvalue weighted by molar-refractivity contribution is 14.0. The molecule has 29 heavy (non-hydrogen) atoms. The summed E-state index contributed by atoms with van der Waals surface area (Å²) in [6.45, 7) is 5.34. The maximum absolute atomic E-state index is 5.67. The van der Waals surface area contributed by atoms with Crippen LogP contribution in [0.25, 0.3) is 0 Å². The Morgan fingerprint density at radius 1 is 1.14 bits per heavy atom. The monoisotopic (exact) mass is 518 g/mol. The highest BCUT2D eigenvalue weighted by atomic mass is 127. The van der Waals surface area contributed by atoms with Crippen molar-refractivity contribution in [2.75, 3.05) is 54.1 Å². The second kappa shape index (κ2) is 12.4. The average Bonchev–Trinajstić information content (AvgIpc) is 3.44. The molecule has 7 nitrogen and oxygen atoms in total. The molecule has 1 aromatic rings. The van der Waals surface area contributed by atoms with Gasteiger partial charge in [0.05, 0.1) is 20.8 Å². The lowest BCUT2D eigenvalue weighted by molar-refractivity contribution is 0.129. The van der Waals surface area contributed by atoms with Crippen LogP contribution < -0.4 is 20.1 Å². The third-order valence-corrected chi connectivity index (χ3v) is 5.24. The van der Waals surface area contributed by atoms with E-state index < -0.39 is 0 Å². The summed E-state index contributed by atoms with van der Waals surface area (Å²) in [6.07, 6.45) is 3.76. The highest BCUT2D eigenvalue weighted by Gasteiger charge is 2.24. The number of benzene rings is 1. The third-order valence-electron chi connectivity index (χ3n) is 5.24. The summed E-state index contributed by atoms with van der Waals surface area (Å²) in [7, 11) is 5.18. The Bertz CT molecular complexity index is 633. The average molecular weight is 518 g/mol. The normalized spacial score (nSPS) is 19.6. The molecule has 2 N–H and O–H groups in total. The minimum atomic E-state index is 0. The van der Waals surface area contributed by atoms with Gasteiger partial charge < -0.3 is 24.8 Å². The lowest BCUT2D eigenvalue weighted by Gasteiger charge is -2.19. The van der Waals surface area contributed by atoms with Gasteiger partial charge in [-0.2, -0.15) is 0 Å². The molecular formula is C21H35IN4O3. The quantitative estimate of drug-likeness (QED) is 0.215. The largest absolute Gasteiger partial charge is 0.497 e. The van der Waals surface area contributed by atoms with E-state index >= 15 is 0 Å². The molecule has 8 heteroatoms. The fourth-order valence-electron chi connectivity index (χ4n) is 3.47. The predicted molar refractivity (Wildman–Crippen MR) is 127 cm³/mol. The van der Waals surface area contributed by atoms with Gasteiger partial charge >= 0.3 is 0 Å². The standard InChI is InChI=1S/C21H34N4O3.HI/c1-22-21(23-7-9-28-15-16-4-5-16)24-18-6-8-25(14-18)13-17-10-19(26-2)12-20(11-17)27-3;/h10-12,16,18H,4-9,13-15H2,1-3H3,(H2,22,23,24);1H. The molecule has 1 saturated carbocycles. The summed E-state index contributed by atoms with van der Waals surface area (Å²) < 4.78 is 16.4. The lowest BCUT2D eigenvalue weighted by Crippen LogP contribution is -2.45. The number of nitrogens with zero attached hydrogens (tertiary/aromatic N) is 2. The van der Waals surface area contributed by atoms with Crippen LogP contribution in [0.15, 0.2) is 23.2 Å². The van der Waals surface area contributed by atoms with Crippen LogP contribution in [0.1, 0.15) is 24.8 Å². The first-order valence-corrected chi connectivity index (χ1v) is 10.2. The number of hydrogen-bond donors (Lipinski definition) is 2. The maximum atomic E-state index is 5.67. The van der Waals surface area contributed by atoms with Gasteiger partial charge in [-0.05, 0) is 42.9 Å². The summed E-state index contributed by atoms with van der Waals surface area (Å²) in [6, 6.07) is 6.45. The summed E-state index contributed by atoms with van der Waals surface area (Å²) in [5.41, 5.74) is 1.20. The van der Waals surface area contributed by atoms with Gasteiger partial charge in [0, 0.05) is 51.9 Å². The van der Waals surface area contributed by atoms with Crippen LogP contribution in [0.4, 0.5) is 0 Å². The van der Waals surface area contributed by atoms with Crippen molar-refractivity contribution in [1.29, 1.82) is 0 Å². The number of halogens is 1. The molecule has 1 unspecified atom stereocenters. The van der Waals surface area contributed by atoms with Gasteiger partial charge in [-0.3, -0.25) is 9.89 Å². The molecule has 0 amide bonds. The molecule has 1 aliphatic carbocycles. The Balaban J connectivity index is 0.00000300. The van der Waals surface area contributed by atoms with Gasteiger partial charge in [0.1, 0.15) is 11.5 Å². The zero-order valence-corrected chi connectivity index (χ0v) is 20.1. The van der Waals surface area contributed by atoms with Crippen molar-refractivity contribution in [1.82, 2.24) is 15.5 Å². The Hall–Kier alpha value is -1.26. The number of aliphatic imine (C=N–C) groups is 1. The lowest BCUT2D eigenvalue weighted by atomic mass is 10.2. The van der Waals surface area contributed by atoms with Crippen molar-refractivity contribution < 1.29 is 14.2 Å². The van der Waals surface area contributed by atoms with E-state index in [0.717, 1.165) is 69.2 Å². The minimum absolute atomic E-state index is 0. The molecule has 3 rings (SSSR count). The van der Waals surface area contributed by atoms with E-state index in [9.17, 15) is 0 Å². The molecule has 2 aliphatic rings. The molecule has 0 aromatic heterocycles. The van der Waals surface area contributed by atoms with Crippen LogP contribution in [0.3, 0.4) is 0 Å². The van der Waals surface area contributed by atoms with Crippen molar-refractivity contribution in [2.45, 2.75) is 31.8 Å². The summed E-state index contributed by atoms with van der Waals surface area (Å²) in [4.78, 5) is 6.78. The second-order valence-electron chi connectivity index (χ2n) is 7.60. The molecule has 1 heterocycles. The van der Waals surface area contributed by atoms with Crippen LogP contribution in [0.2, 0.25) is 0 Å². The van der Waals surface area contributed by atoms with Crippen LogP contribution in [-0.4, -0.2) is 71.0 Å². The van der Waals surface area contributed by atoms with Crippen LogP contribution >= 0.6 is 24.0 Å². The number of likely N-dealkylation sites (tertiary alicyclic amines) is 1. The number of methoxy groups -OCH3 is 2. The molecule has 1 aliphatic heterocycles. The number of ether oxygens (including phenoxy) is 3. The summed E-state index contributed by atoms with van der Waals surface area (Å²) in [5.74, 6) is 3.32. The summed E-state index contributed by atoms with van der Waals surface area (Å²) in [5, 5.41) is 6.88. The molecule has 164 valence electrons. The van der Waals surface area contributed by atoms with E-state index in [4.69, 9.17) is 14.2 Å². The zero-order valence-electron chi connectivity index (χ0n) is 17.8. The van der Waals surface area contributed by atoms with E-state index in [1.807, 2.05) is 13.1 Å². The first-order valence-electron chi connectivity index (χ1n) is 10.2. The topological polar surface area (TPSA) is 67.4 Å². The van der Waals surface area contributed by atoms with Gasteiger partial charge in [-0.15, -0.1) is 24.0 Å². The summed E-state index contributed by atoms with van der Waals surface area (Å²) >= 11 is 0. The molecule has 0 spiro atoms. The minimum Gasteiger partial charge on any atom is -0.497 e. The van der Waals surface area contributed by atoms with Crippen molar-refractivity contribution >= 4 is 29.9 Å². The molecule has 0 bridgehead atoms. The van der Waals surface area contributed by atoms with E-state index in [1.165, 1.54) is 18.4 Å². The fraction of sp³-hybridized carbons (Fsp3) is 0.667.